The van der Waals surface area contributed by atoms with Crippen LogP contribution >= 0.6 is 0 Å². The number of aliphatic hydroxyl groups excluding tert-OH is 1. The van der Waals surface area contributed by atoms with Crippen LogP contribution in [0, 0.1) is 5.41 Å². The predicted molar refractivity (Wildman–Crippen MR) is 48.8 cm³/mol. The van der Waals surface area contributed by atoms with Gasteiger partial charge in [-0.05, 0) is 12.8 Å². The number of aliphatic hydroxyl groups is 1. The molecule has 0 aromatic rings. The summed E-state index contributed by atoms with van der Waals surface area (Å²) in [5.74, 6) is 0.0699. The van der Waals surface area contributed by atoms with E-state index in [0.29, 0.717) is 6.54 Å². The van der Waals surface area contributed by atoms with Gasteiger partial charge in [0.2, 0.25) is 5.91 Å². The Morgan fingerprint density at radius 3 is 2.33 bits per heavy atom. The van der Waals surface area contributed by atoms with Gasteiger partial charge in [0.05, 0.1) is 0 Å². The summed E-state index contributed by atoms with van der Waals surface area (Å²) in [5.41, 5.74) is -0.306. The molecule has 0 aliphatic carbocycles. The van der Waals surface area contributed by atoms with E-state index in [1.807, 2.05) is 20.8 Å². The maximum Gasteiger partial charge on any atom is 0.225 e. The Balaban J connectivity index is 3.45. The number of hydrogen-bond acceptors (Lipinski definition) is 2. The van der Waals surface area contributed by atoms with Crippen molar-refractivity contribution in [3.8, 4) is 0 Å². The van der Waals surface area contributed by atoms with E-state index < -0.39 is 0 Å². The van der Waals surface area contributed by atoms with E-state index in [4.69, 9.17) is 5.11 Å². The van der Waals surface area contributed by atoms with Crippen molar-refractivity contribution in [1.29, 1.82) is 0 Å². The normalized spacial score (nSPS) is 11.3. The molecule has 0 unspecified atom stereocenters. The largest absolute Gasteiger partial charge is 0.396 e. The van der Waals surface area contributed by atoms with Crippen molar-refractivity contribution in [3.63, 3.8) is 0 Å². The standard InChI is InChI=1S/C9H19NO2/c1-9(2,3)8(12)10-6-4-5-7-11/h11H,4-7H2,1-3H3,(H,10,12). The lowest BCUT2D eigenvalue weighted by atomic mass is 9.96. The van der Waals surface area contributed by atoms with Crippen molar-refractivity contribution in [3.05, 3.63) is 0 Å². The predicted octanol–water partition coefficient (Wildman–Crippen LogP) is 0.921. The number of nitrogens with one attached hydrogen (secondary N) is 1. The van der Waals surface area contributed by atoms with Crippen LogP contribution in [0.4, 0.5) is 0 Å². The molecule has 0 aromatic heterocycles. The number of amides is 1. The number of hydrogen-bond donors (Lipinski definition) is 2. The van der Waals surface area contributed by atoms with E-state index >= 15 is 0 Å². The van der Waals surface area contributed by atoms with Crippen LogP contribution in [0.3, 0.4) is 0 Å². The molecule has 0 atom stereocenters. The molecule has 0 rings (SSSR count). The first-order valence-electron chi connectivity index (χ1n) is 4.37. The lowest BCUT2D eigenvalue weighted by molar-refractivity contribution is -0.128. The highest BCUT2D eigenvalue weighted by molar-refractivity contribution is 5.81. The highest BCUT2D eigenvalue weighted by Crippen LogP contribution is 2.12. The second kappa shape index (κ2) is 5.14. The van der Waals surface area contributed by atoms with Gasteiger partial charge in [-0.3, -0.25) is 4.79 Å². The van der Waals surface area contributed by atoms with Gasteiger partial charge in [-0.2, -0.15) is 0 Å². The average Bonchev–Trinajstić information content (AvgIpc) is 1.96. The van der Waals surface area contributed by atoms with Gasteiger partial charge in [0.25, 0.3) is 0 Å². The van der Waals surface area contributed by atoms with E-state index in [1.54, 1.807) is 0 Å². The van der Waals surface area contributed by atoms with Crippen LogP contribution in [0.15, 0.2) is 0 Å². The molecule has 0 saturated carbocycles. The first-order valence-corrected chi connectivity index (χ1v) is 4.37. The van der Waals surface area contributed by atoms with Crippen LogP contribution in [-0.2, 0) is 4.79 Å². The lowest BCUT2D eigenvalue weighted by Gasteiger charge is -2.17. The molecule has 72 valence electrons. The maximum absolute atomic E-state index is 11.3. The SMILES string of the molecule is CC(C)(C)C(=O)NCCCCO. The van der Waals surface area contributed by atoms with Crippen molar-refractivity contribution in [1.82, 2.24) is 5.32 Å². The molecule has 1 amide bonds. The Hall–Kier alpha value is -0.570. The van der Waals surface area contributed by atoms with Crippen LogP contribution in [0.25, 0.3) is 0 Å². The number of carbonyl (C=O) groups excluding carboxylic acids is 1. The zero-order valence-electron chi connectivity index (χ0n) is 8.18. The Kier molecular flexibility index (Phi) is 4.90. The van der Waals surface area contributed by atoms with Gasteiger partial charge >= 0.3 is 0 Å². The zero-order chi connectivity index (χ0) is 9.61. The first kappa shape index (κ1) is 11.4. The number of unbranched alkanes of at least 4 members (excludes halogenated alkanes) is 1. The molecule has 0 aliphatic rings. The summed E-state index contributed by atoms with van der Waals surface area (Å²) in [5, 5.41) is 11.3. The van der Waals surface area contributed by atoms with E-state index in [-0.39, 0.29) is 17.9 Å². The van der Waals surface area contributed by atoms with E-state index in [0.717, 1.165) is 12.8 Å². The molecule has 3 nitrogen and oxygen atoms in total. The van der Waals surface area contributed by atoms with Crippen molar-refractivity contribution < 1.29 is 9.90 Å². The number of rotatable bonds is 4. The molecule has 12 heavy (non-hydrogen) atoms. The number of carbonyl (C=O) groups is 1. The summed E-state index contributed by atoms with van der Waals surface area (Å²) >= 11 is 0. The fourth-order valence-corrected chi connectivity index (χ4v) is 0.704. The topological polar surface area (TPSA) is 49.3 Å². The van der Waals surface area contributed by atoms with Gasteiger partial charge in [-0.15, -0.1) is 0 Å². The highest BCUT2D eigenvalue weighted by Gasteiger charge is 2.19. The Labute approximate surface area is 74.2 Å². The summed E-state index contributed by atoms with van der Waals surface area (Å²) < 4.78 is 0. The minimum absolute atomic E-state index is 0.0699. The zero-order valence-corrected chi connectivity index (χ0v) is 8.18. The molecule has 0 aliphatic heterocycles. The third-order valence-corrected chi connectivity index (χ3v) is 1.55. The van der Waals surface area contributed by atoms with E-state index in [1.165, 1.54) is 0 Å². The van der Waals surface area contributed by atoms with Crippen LogP contribution in [-0.4, -0.2) is 24.2 Å². The molecular formula is C9H19NO2. The average molecular weight is 173 g/mol. The van der Waals surface area contributed by atoms with Gasteiger partial charge in [0.1, 0.15) is 0 Å². The second-order valence-corrected chi connectivity index (χ2v) is 3.94. The van der Waals surface area contributed by atoms with Gasteiger partial charge in [-0.1, -0.05) is 20.8 Å². The van der Waals surface area contributed by atoms with Crippen LogP contribution in [0.5, 0.6) is 0 Å². The molecule has 0 aromatic carbocycles. The molecule has 3 heteroatoms. The Bertz CT molecular complexity index is 138. The molecule has 2 N–H and O–H groups in total. The molecular weight excluding hydrogens is 154 g/mol. The minimum Gasteiger partial charge on any atom is -0.396 e. The molecule has 0 fully saturated rings. The maximum atomic E-state index is 11.3. The fourth-order valence-electron chi connectivity index (χ4n) is 0.704. The first-order chi connectivity index (χ1) is 5.48. The van der Waals surface area contributed by atoms with Crippen LogP contribution in [0.1, 0.15) is 33.6 Å². The summed E-state index contributed by atoms with van der Waals surface area (Å²) in [6.45, 7) is 6.51. The minimum atomic E-state index is -0.306. The monoisotopic (exact) mass is 173 g/mol. The molecule has 0 saturated heterocycles. The summed E-state index contributed by atoms with van der Waals surface area (Å²) in [6.07, 6.45) is 1.60. The lowest BCUT2D eigenvalue weighted by Crippen LogP contribution is -2.35. The second-order valence-electron chi connectivity index (χ2n) is 3.94. The molecule has 0 radical (unpaired) electrons. The van der Waals surface area contributed by atoms with E-state index in [9.17, 15) is 4.79 Å². The van der Waals surface area contributed by atoms with Gasteiger partial charge in [0, 0.05) is 18.6 Å². The van der Waals surface area contributed by atoms with Crippen LogP contribution in [0.2, 0.25) is 0 Å². The highest BCUT2D eigenvalue weighted by atomic mass is 16.2. The van der Waals surface area contributed by atoms with Crippen molar-refractivity contribution in [2.45, 2.75) is 33.6 Å². The Morgan fingerprint density at radius 2 is 1.92 bits per heavy atom. The van der Waals surface area contributed by atoms with E-state index in [2.05, 4.69) is 5.32 Å². The molecule has 0 heterocycles. The summed E-state index contributed by atoms with van der Waals surface area (Å²) in [7, 11) is 0. The van der Waals surface area contributed by atoms with Crippen molar-refractivity contribution in [2.75, 3.05) is 13.2 Å². The third kappa shape index (κ3) is 5.13. The third-order valence-electron chi connectivity index (χ3n) is 1.55. The van der Waals surface area contributed by atoms with Crippen LogP contribution < -0.4 is 5.32 Å². The van der Waals surface area contributed by atoms with Crippen molar-refractivity contribution >= 4 is 5.91 Å². The van der Waals surface area contributed by atoms with Crippen molar-refractivity contribution in [2.24, 2.45) is 5.41 Å². The fraction of sp³-hybridized carbons (Fsp3) is 0.889. The van der Waals surface area contributed by atoms with Gasteiger partial charge in [0.15, 0.2) is 0 Å². The smallest absolute Gasteiger partial charge is 0.225 e. The van der Waals surface area contributed by atoms with Gasteiger partial charge in [-0.25, -0.2) is 0 Å². The quantitative estimate of drug-likeness (QED) is 0.621. The summed E-state index contributed by atoms with van der Waals surface area (Å²) in [4.78, 5) is 11.3. The Morgan fingerprint density at radius 1 is 1.33 bits per heavy atom. The molecule has 0 spiro atoms. The summed E-state index contributed by atoms with van der Waals surface area (Å²) in [6, 6.07) is 0. The van der Waals surface area contributed by atoms with Gasteiger partial charge < -0.3 is 10.4 Å². The molecule has 0 bridgehead atoms.